The van der Waals surface area contributed by atoms with Gasteiger partial charge in [0.05, 0.1) is 0 Å². The molecule has 0 spiro atoms. The van der Waals surface area contributed by atoms with Crippen LogP contribution in [0.25, 0.3) is 11.5 Å². The van der Waals surface area contributed by atoms with E-state index in [0.717, 1.165) is 37.4 Å². The number of anilines is 1. The van der Waals surface area contributed by atoms with E-state index in [2.05, 4.69) is 32.0 Å². The second-order valence-electron chi connectivity index (χ2n) is 6.80. The fourth-order valence-electron chi connectivity index (χ4n) is 3.18. The van der Waals surface area contributed by atoms with Crippen LogP contribution in [0.4, 0.5) is 10.1 Å². The molecule has 2 aromatic heterocycles. The van der Waals surface area contributed by atoms with Crippen LogP contribution in [-0.2, 0) is 6.42 Å². The number of nitrogens with zero attached hydrogens (tertiary/aromatic N) is 5. The molecule has 0 radical (unpaired) electrons. The van der Waals surface area contributed by atoms with E-state index in [0.29, 0.717) is 11.5 Å². The first-order valence-electron chi connectivity index (χ1n) is 9.10. The molecule has 3 heterocycles. The second kappa shape index (κ2) is 7.84. The Balaban J connectivity index is 1.49. The molecule has 0 saturated carbocycles. The number of pyridine rings is 1. The third kappa shape index (κ3) is 4.14. The molecule has 0 aliphatic carbocycles. The Hall–Kier alpha value is -2.80. The van der Waals surface area contributed by atoms with Crippen molar-refractivity contribution in [1.29, 1.82) is 0 Å². The minimum Gasteiger partial charge on any atom is -0.369 e. The standard InChI is InChI=1S/C20H22FN5O/c1-25-9-11-26(12-10-25)16-7-8-22-18(14-16)19-23-20(27-24-19)17(21)13-15-5-3-2-4-6-15/h2-8,14,17H,9-13H2,1H3. The molecule has 3 aromatic rings. The summed E-state index contributed by atoms with van der Waals surface area (Å²) >= 11 is 0. The SMILES string of the molecule is CN1CCN(c2ccnc(-c3noc(C(F)Cc4ccccc4)n3)c2)CC1. The molecule has 4 rings (SSSR count). The Bertz CT molecular complexity index is 877. The van der Waals surface area contributed by atoms with E-state index < -0.39 is 6.17 Å². The van der Waals surface area contributed by atoms with Crippen LogP contribution in [-0.4, -0.2) is 53.3 Å². The van der Waals surface area contributed by atoms with Gasteiger partial charge in [-0.25, -0.2) is 4.39 Å². The number of benzene rings is 1. The maximum absolute atomic E-state index is 14.5. The zero-order chi connectivity index (χ0) is 18.6. The summed E-state index contributed by atoms with van der Waals surface area (Å²) in [6.45, 7) is 3.96. The van der Waals surface area contributed by atoms with Gasteiger partial charge in [-0.15, -0.1) is 0 Å². The van der Waals surface area contributed by atoms with Gasteiger partial charge in [-0.2, -0.15) is 4.98 Å². The molecule has 1 unspecified atom stereocenters. The molecular formula is C20H22FN5O. The highest BCUT2D eigenvalue weighted by Crippen LogP contribution is 2.25. The number of hydrogen-bond acceptors (Lipinski definition) is 6. The van der Waals surface area contributed by atoms with Gasteiger partial charge in [-0.1, -0.05) is 35.5 Å². The molecule has 0 amide bonds. The summed E-state index contributed by atoms with van der Waals surface area (Å²) in [6, 6.07) is 13.3. The Morgan fingerprint density at radius 1 is 1.11 bits per heavy atom. The lowest BCUT2D eigenvalue weighted by Gasteiger charge is -2.34. The molecule has 27 heavy (non-hydrogen) atoms. The number of aromatic nitrogens is 3. The van der Waals surface area contributed by atoms with Crippen molar-refractivity contribution in [3.63, 3.8) is 0 Å². The van der Waals surface area contributed by atoms with Crippen molar-refractivity contribution in [1.82, 2.24) is 20.0 Å². The summed E-state index contributed by atoms with van der Waals surface area (Å²) in [5.41, 5.74) is 2.55. The zero-order valence-electron chi connectivity index (χ0n) is 15.3. The summed E-state index contributed by atoms with van der Waals surface area (Å²) < 4.78 is 19.7. The molecule has 7 heteroatoms. The van der Waals surface area contributed by atoms with Crippen molar-refractivity contribution >= 4 is 5.69 Å². The number of piperazine rings is 1. The topological polar surface area (TPSA) is 58.3 Å². The third-order valence-corrected chi connectivity index (χ3v) is 4.81. The lowest BCUT2D eigenvalue weighted by molar-refractivity contribution is 0.247. The maximum atomic E-state index is 14.5. The van der Waals surface area contributed by atoms with Crippen LogP contribution >= 0.6 is 0 Å². The Labute approximate surface area is 157 Å². The number of hydrogen-bond donors (Lipinski definition) is 0. The smallest absolute Gasteiger partial charge is 0.261 e. The predicted octanol–water partition coefficient (Wildman–Crippen LogP) is 3.14. The van der Waals surface area contributed by atoms with Crippen molar-refractivity contribution < 1.29 is 8.91 Å². The van der Waals surface area contributed by atoms with Crippen LogP contribution in [0.1, 0.15) is 17.6 Å². The fraction of sp³-hybridized carbons (Fsp3) is 0.350. The molecule has 140 valence electrons. The summed E-state index contributed by atoms with van der Waals surface area (Å²) in [5, 5.41) is 3.93. The van der Waals surface area contributed by atoms with Crippen LogP contribution in [0.15, 0.2) is 53.2 Å². The molecule has 1 saturated heterocycles. The van der Waals surface area contributed by atoms with E-state index in [1.165, 1.54) is 0 Å². The molecule has 1 aliphatic heterocycles. The number of alkyl halides is 1. The largest absolute Gasteiger partial charge is 0.369 e. The first-order valence-corrected chi connectivity index (χ1v) is 9.10. The summed E-state index contributed by atoms with van der Waals surface area (Å²) in [5.74, 6) is 0.303. The Morgan fingerprint density at radius 3 is 2.67 bits per heavy atom. The summed E-state index contributed by atoms with van der Waals surface area (Å²) in [7, 11) is 2.12. The predicted molar refractivity (Wildman–Crippen MR) is 101 cm³/mol. The fourth-order valence-corrected chi connectivity index (χ4v) is 3.18. The molecule has 1 atom stereocenters. The molecule has 0 bridgehead atoms. The average molecular weight is 367 g/mol. The maximum Gasteiger partial charge on any atom is 0.261 e. The van der Waals surface area contributed by atoms with Crippen LogP contribution in [0.2, 0.25) is 0 Å². The lowest BCUT2D eigenvalue weighted by atomic mass is 10.1. The monoisotopic (exact) mass is 367 g/mol. The van der Waals surface area contributed by atoms with Gasteiger partial charge in [0.15, 0.2) is 6.17 Å². The lowest BCUT2D eigenvalue weighted by Crippen LogP contribution is -2.44. The van der Waals surface area contributed by atoms with E-state index in [1.54, 1.807) is 6.20 Å². The highest BCUT2D eigenvalue weighted by Gasteiger charge is 2.21. The van der Waals surface area contributed by atoms with Crippen molar-refractivity contribution in [2.75, 3.05) is 38.1 Å². The van der Waals surface area contributed by atoms with Crippen molar-refractivity contribution in [2.45, 2.75) is 12.6 Å². The van der Waals surface area contributed by atoms with Gasteiger partial charge in [-0.05, 0) is 24.7 Å². The highest BCUT2D eigenvalue weighted by atomic mass is 19.1. The Kier molecular flexibility index (Phi) is 5.11. The molecule has 0 N–H and O–H groups in total. The quantitative estimate of drug-likeness (QED) is 0.691. The minimum atomic E-state index is -1.34. The van der Waals surface area contributed by atoms with Gasteiger partial charge < -0.3 is 14.3 Å². The van der Waals surface area contributed by atoms with Gasteiger partial charge in [-0.3, -0.25) is 4.98 Å². The van der Waals surface area contributed by atoms with Crippen LogP contribution in [0, 0.1) is 0 Å². The number of halogens is 1. The van der Waals surface area contributed by atoms with E-state index in [1.807, 2.05) is 42.5 Å². The van der Waals surface area contributed by atoms with Crippen molar-refractivity contribution in [2.24, 2.45) is 0 Å². The van der Waals surface area contributed by atoms with E-state index in [-0.39, 0.29) is 12.3 Å². The van der Waals surface area contributed by atoms with E-state index in [9.17, 15) is 4.39 Å². The van der Waals surface area contributed by atoms with Crippen LogP contribution < -0.4 is 4.90 Å². The number of likely N-dealkylation sites (N-methyl/N-ethyl adjacent to an activating group) is 1. The second-order valence-corrected chi connectivity index (χ2v) is 6.80. The van der Waals surface area contributed by atoms with E-state index in [4.69, 9.17) is 4.52 Å². The molecule has 1 aliphatic rings. The summed E-state index contributed by atoms with van der Waals surface area (Å²) in [4.78, 5) is 13.2. The first-order chi connectivity index (χ1) is 13.2. The average Bonchev–Trinajstić information content (AvgIpc) is 3.20. The Morgan fingerprint density at radius 2 is 1.89 bits per heavy atom. The first kappa shape index (κ1) is 17.6. The molecule has 1 fully saturated rings. The van der Waals surface area contributed by atoms with Gasteiger partial charge >= 0.3 is 0 Å². The summed E-state index contributed by atoms with van der Waals surface area (Å²) in [6.07, 6.45) is 0.599. The molecule has 1 aromatic carbocycles. The normalized spacial score (nSPS) is 16.4. The van der Waals surface area contributed by atoms with Crippen molar-refractivity contribution in [3.8, 4) is 11.5 Å². The van der Waals surface area contributed by atoms with Crippen LogP contribution in [0.3, 0.4) is 0 Å². The molecule has 6 nitrogen and oxygen atoms in total. The highest BCUT2D eigenvalue weighted by molar-refractivity contribution is 5.58. The third-order valence-electron chi connectivity index (χ3n) is 4.81. The van der Waals surface area contributed by atoms with Crippen molar-refractivity contribution in [3.05, 3.63) is 60.1 Å². The van der Waals surface area contributed by atoms with Gasteiger partial charge in [0, 0.05) is 44.5 Å². The van der Waals surface area contributed by atoms with Gasteiger partial charge in [0.25, 0.3) is 5.89 Å². The number of rotatable bonds is 5. The molecular weight excluding hydrogens is 345 g/mol. The zero-order valence-corrected chi connectivity index (χ0v) is 15.3. The van der Waals surface area contributed by atoms with Crippen LogP contribution in [0.5, 0.6) is 0 Å². The van der Waals surface area contributed by atoms with Gasteiger partial charge in [0.1, 0.15) is 5.69 Å². The minimum absolute atomic E-state index is 0.0133. The van der Waals surface area contributed by atoms with Gasteiger partial charge in [0.2, 0.25) is 5.82 Å². The van der Waals surface area contributed by atoms with E-state index >= 15 is 0 Å².